The van der Waals surface area contributed by atoms with Gasteiger partial charge < -0.3 is 21.5 Å². The number of nitrogens with one attached hydrogen (secondary N) is 2. The van der Waals surface area contributed by atoms with Crippen molar-refractivity contribution in [3.05, 3.63) is 29.3 Å². The number of fused-ring (bicyclic) bond motifs is 1. The number of anilines is 1. The molecular weight excluding hydrogens is 262 g/mol. The van der Waals surface area contributed by atoms with E-state index in [0.29, 0.717) is 5.56 Å². The molecular formula is C13H15N3O4. The molecule has 0 saturated carbocycles. The highest BCUT2D eigenvalue weighted by atomic mass is 16.4. The Hall–Kier alpha value is -2.57. The van der Waals surface area contributed by atoms with Crippen molar-refractivity contribution >= 4 is 23.5 Å². The molecule has 1 heterocycles. The SMILES string of the molecule is NC(=O)C[C@H](NC(=O)c1ccc2c(c1)CCN2)C(=O)O. The minimum absolute atomic E-state index is 0.364. The molecule has 0 aliphatic carbocycles. The van der Waals surface area contributed by atoms with Gasteiger partial charge in [0.2, 0.25) is 5.91 Å². The third-order valence-corrected chi connectivity index (χ3v) is 3.09. The third kappa shape index (κ3) is 3.05. The van der Waals surface area contributed by atoms with Crippen LogP contribution < -0.4 is 16.4 Å². The molecule has 0 unspecified atom stereocenters. The van der Waals surface area contributed by atoms with Crippen LogP contribution in [-0.4, -0.2) is 35.5 Å². The van der Waals surface area contributed by atoms with Crippen LogP contribution in [0.15, 0.2) is 18.2 Å². The van der Waals surface area contributed by atoms with Crippen LogP contribution in [0.4, 0.5) is 5.69 Å². The second kappa shape index (κ2) is 5.60. The Morgan fingerprint density at radius 2 is 2.15 bits per heavy atom. The standard InChI is InChI=1S/C13H15N3O4/c14-11(17)6-10(13(19)20)16-12(18)8-1-2-9-7(5-8)3-4-15-9/h1-2,5,10,15H,3-4,6H2,(H2,14,17)(H,16,18)(H,19,20)/t10-/m0/s1. The highest BCUT2D eigenvalue weighted by Crippen LogP contribution is 2.22. The summed E-state index contributed by atoms with van der Waals surface area (Å²) < 4.78 is 0. The number of carboxylic acids is 1. The Kier molecular flexibility index (Phi) is 3.88. The second-order valence-electron chi connectivity index (χ2n) is 4.58. The molecule has 2 rings (SSSR count). The molecule has 7 nitrogen and oxygen atoms in total. The van der Waals surface area contributed by atoms with Crippen LogP contribution in [0, 0.1) is 0 Å². The minimum Gasteiger partial charge on any atom is -0.480 e. The van der Waals surface area contributed by atoms with Gasteiger partial charge in [0.05, 0.1) is 6.42 Å². The Morgan fingerprint density at radius 1 is 1.40 bits per heavy atom. The zero-order valence-corrected chi connectivity index (χ0v) is 10.7. The summed E-state index contributed by atoms with van der Waals surface area (Å²) in [6.07, 6.45) is 0.383. The first-order chi connectivity index (χ1) is 9.47. The maximum absolute atomic E-state index is 12.0. The summed E-state index contributed by atoms with van der Waals surface area (Å²) in [6.45, 7) is 0.819. The predicted molar refractivity (Wildman–Crippen MR) is 71.3 cm³/mol. The monoisotopic (exact) mass is 277 g/mol. The fraction of sp³-hybridized carbons (Fsp3) is 0.308. The lowest BCUT2D eigenvalue weighted by Crippen LogP contribution is -2.43. The first-order valence-corrected chi connectivity index (χ1v) is 6.16. The van der Waals surface area contributed by atoms with E-state index in [4.69, 9.17) is 10.8 Å². The van der Waals surface area contributed by atoms with Gasteiger partial charge in [-0.15, -0.1) is 0 Å². The molecule has 0 spiro atoms. The third-order valence-electron chi connectivity index (χ3n) is 3.09. The molecule has 0 aromatic heterocycles. The zero-order valence-electron chi connectivity index (χ0n) is 10.7. The maximum Gasteiger partial charge on any atom is 0.326 e. The Balaban J connectivity index is 2.10. The number of amides is 2. The summed E-state index contributed by atoms with van der Waals surface area (Å²) in [5, 5.41) is 14.4. The molecule has 1 aromatic rings. The summed E-state index contributed by atoms with van der Waals surface area (Å²) in [6, 6.07) is 3.79. The normalized spacial score (nSPS) is 14.0. The highest BCUT2D eigenvalue weighted by Gasteiger charge is 2.23. The lowest BCUT2D eigenvalue weighted by Gasteiger charge is -2.13. The van der Waals surface area contributed by atoms with Gasteiger partial charge in [0.25, 0.3) is 5.91 Å². The van der Waals surface area contributed by atoms with Gasteiger partial charge >= 0.3 is 5.97 Å². The van der Waals surface area contributed by atoms with E-state index in [0.717, 1.165) is 24.2 Å². The van der Waals surface area contributed by atoms with Crippen molar-refractivity contribution in [1.82, 2.24) is 5.32 Å². The summed E-state index contributed by atoms with van der Waals surface area (Å²) in [5.41, 5.74) is 7.31. The molecule has 7 heteroatoms. The molecule has 20 heavy (non-hydrogen) atoms. The van der Waals surface area contributed by atoms with Gasteiger partial charge in [-0.3, -0.25) is 9.59 Å². The van der Waals surface area contributed by atoms with Gasteiger partial charge in [0.15, 0.2) is 0 Å². The van der Waals surface area contributed by atoms with Gasteiger partial charge in [-0.2, -0.15) is 0 Å². The molecule has 5 N–H and O–H groups in total. The van der Waals surface area contributed by atoms with Gasteiger partial charge in [0.1, 0.15) is 6.04 Å². The van der Waals surface area contributed by atoms with E-state index in [9.17, 15) is 14.4 Å². The molecule has 1 aliphatic rings. The van der Waals surface area contributed by atoms with Crippen molar-refractivity contribution in [3.63, 3.8) is 0 Å². The molecule has 1 aromatic carbocycles. The van der Waals surface area contributed by atoms with E-state index in [1.54, 1.807) is 18.2 Å². The fourth-order valence-corrected chi connectivity index (χ4v) is 2.09. The Bertz CT molecular complexity index is 571. The topological polar surface area (TPSA) is 122 Å². The van der Waals surface area contributed by atoms with Crippen LogP contribution in [0.5, 0.6) is 0 Å². The van der Waals surface area contributed by atoms with Crippen LogP contribution in [0.3, 0.4) is 0 Å². The smallest absolute Gasteiger partial charge is 0.326 e. The van der Waals surface area contributed by atoms with Gasteiger partial charge in [-0.25, -0.2) is 4.79 Å². The number of rotatable bonds is 5. The second-order valence-corrected chi connectivity index (χ2v) is 4.58. The Morgan fingerprint density at radius 3 is 2.80 bits per heavy atom. The van der Waals surface area contributed by atoms with E-state index in [1.165, 1.54) is 0 Å². The van der Waals surface area contributed by atoms with E-state index in [-0.39, 0.29) is 0 Å². The van der Waals surface area contributed by atoms with Gasteiger partial charge in [-0.05, 0) is 30.2 Å². The molecule has 1 aliphatic heterocycles. The summed E-state index contributed by atoms with van der Waals surface area (Å²) in [4.78, 5) is 33.7. The summed E-state index contributed by atoms with van der Waals surface area (Å²) in [5.74, 6) is -2.61. The van der Waals surface area contributed by atoms with Gasteiger partial charge in [0, 0.05) is 17.8 Å². The van der Waals surface area contributed by atoms with Crippen molar-refractivity contribution in [1.29, 1.82) is 0 Å². The number of carbonyl (C=O) groups excluding carboxylic acids is 2. The average Bonchev–Trinajstić information content (AvgIpc) is 2.84. The molecule has 0 radical (unpaired) electrons. The molecule has 1 atom stereocenters. The van der Waals surface area contributed by atoms with E-state index in [2.05, 4.69) is 10.6 Å². The number of carbonyl (C=O) groups is 3. The van der Waals surface area contributed by atoms with Crippen molar-refractivity contribution in [2.75, 3.05) is 11.9 Å². The number of hydrogen-bond donors (Lipinski definition) is 4. The fourth-order valence-electron chi connectivity index (χ4n) is 2.09. The first-order valence-electron chi connectivity index (χ1n) is 6.16. The van der Waals surface area contributed by atoms with Crippen molar-refractivity contribution in [2.45, 2.75) is 18.9 Å². The van der Waals surface area contributed by atoms with Crippen LogP contribution in [0.1, 0.15) is 22.3 Å². The number of primary amides is 1. The molecule has 0 fully saturated rings. The number of carboxylic acid groups (broad SMARTS) is 1. The molecule has 2 amide bonds. The quantitative estimate of drug-likeness (QED) is 0.589. The van der Waals surface area contributed by atoms with E-state index in [1.807, 2.05) is 0 Å². The number of benzene rings is 1. The minimum atomic E-state index is -1.31. The van der Waals surface area contributed by atoms with Crippen LogP contribution in [-0.2, 0) is 16.0 Å². The number of aliphatic carboxylic acids is 1. The predicted octanol–water partition coefficient (Wildman–Crippen LogP) is -0.287. The summed E-state index contributed by atoms with van der Waals surface area (Å²) >= 11 is 0. The Labute approximate surface area is 115 Å². The highest BCUT2D eigenvalue weighted by molar-refractivity contribution is 5.98. The van der Waals surface area contributed by atoms with Crippen LogP contribution in [0.2, 0.25) is 0 Å². The first kappa shape index (κ1) is 13.9. The lowest BCUT2D eigenvalue weighted by molar-refractivity contribution is -0.140. The maximum atomic E-state index is 12.0. The van der Waals surface area contributed by atoms with E-state index < -0.39 is 30.2 Å². The van der Waals surface area contributed by atoms with Crippen molar-refractivity contribution in [3.8, 4) is 0 Å². The number of hydrogen-bond acceptors (Lipinski definition) is 4. The van der Waals surface area contributed by atoms with E-state index >= 15 is 0 Å². The largest absolute Gasteiger partial charge is 0.480 e. The van der Waals surface area contributed by atoms with Gasteiger partial charge in [-0.1, -0.05) is 0 Å². The van der Waals surface area contributed by atoms with Crippen LogP contribution >= 0.6 is 0 Å². The molecule has 0 saturated heterocycles. The van der Waals surface area contributed by atoms with Crippen molar-refractivity contribution in [2.24, 2.45) is 5.73 Å². The lowest BCUT2D eigenvalue weighted by atomic mass is 10.1. The van der Waals surface area contributed by atoms with Crippen molar-refractivity contribution < 1.29 is 19.5 Å². The van der Waals surface area contributed by atoms with Crippen LogP contribution in [0.25, 0.3) is 0 Å². The molecule has 0 bridgehead atoms. The summed E-state index contributed by atoms with van der Waals surface area (Å²) in [7, 11) is 0. The molecule has 106 valence electrons. The number of nitrogens with two attached hydrogens (primary N) is 1. The average molecular weight is 277 g/mol. The zero-order chi connectivity index (χ0) is 14.7.